The van der Waals surface area contributed by atoms with Gasteiger partial charge in [0.1, 0.15) is 0 Å². The van der Waals surface area contributed by atoms with E-state index in [1.165, 1.54) is 12.1 Å². The van der Waals surface area contributed by atoms with Crippen molar-refractivity contribution in [2.75, 3.05) is 5.32 Å². The lowest BCUT2D eigenvalue weighted by molar-refractivity contribution is -0.384. The summed E-state index contributed by atoms with van der Waals surface area (Å²) < 4.78 is 0. The first-order valence-corrected chi connectivity index (χ1v) is 8.15. The van der Waals surface area contributed by atoms with Crippen LogP contribution in [0.25, 0.3) is 0 Å². The Bertz CT molecular complexity index is 515. The summed E-state index contributed by atoms with van der Waals surface area (Å²) in [6.07, 6.45) is 2.23. The van der Waals surface area contributed by atoms with Crippen LogP contribution in [0.4, 0.5) is 11.4 Å². The smallest absolute Gasteiger partial charge is 0.269 e. The Kier molecular flexibility index (Phi) is 8.38. The third-order valence-electron chi connectivity index (χ3n) is 3.69. The van der Waals surface area contributed by atoms with Crippen LogP contribution in [0.5, 0.6) is 0 Å². The molecule has 1 N–H and O–H groups in total. The van der Waals surface area contributed by atoms with Gasteiger partial charge in [-0.2, -0.15) is 0 Å². The number of nitrogens with zero attached hydrogens (tertiary/aromatic N) is 1. The zero-order valence-corrected chi connectivity index (χ0v) is 14.5. The maximum absolute atomic E-state index is 12.2. The molecule has 0 saturated heterocycles. The normalized spacial score (nSPS) is 18.2. The Hall–Kier alpha value is -1.91. The summed E-state index contributed by atoms with van der Waals surface area (Å²) in [7, 11) is 0. The van der Waals surface area contributed by atoms with E-state index in [1.54, 1.807) is 6.07 Å². The molecular formula is C17H28N2O3. The quantitative estimate of drug-likeness (QED) is 0.625. The van der Waals surface area contributed by atoms with Gasteiger partial charge in [-0.1, -0.05) is 48.0 Å². The summed E-state index contributed by atoms with van der Waals surface area (Å²) in [5.41, 5.74) is 0.918. The molecule has 0 saturated carbocycles. The molecule has 0 aliphatic carbocycles. The number of carbonyl (C=O) groups excluding carboxylic acids is 1. The van der Waals surface area contributed by atoms with Gasteiger partial charge in [-0.25, -0.2) is 0 Å². The Morgan fingerprint density at radius 3 is 2.23 bits per heavy atom. The molecule has 0 radical (unpaired) electrons. The van der Waals surface area contributed by atoms with Crippen LogP contribution >= 0.6 is 0 Å². The van der Waals surface area contributed by atoms with E-state index in [0.717, 1.165) is 12.0 Å². The van der Waals surface area contributed by atoms with Gasteiger partial charge in [0.25, 0.3) is 5.69 Å². The molecule has 1 aliphatic rings. The van der Waals surface area contributed by atoms with Crippen LogP contribution in [0.1, 0.15) is 66.4 Å². The lowest BCUT2D eigenvalue weighted by Gasteiger charge is -2.25. The lowest BCUT2D eigenvalue weighted by Crippen LogP contribution is -2.33. The van der Waals surface area contributed by atoms with E-state index in [0.29, 0.717) is 18.5 Å². The van der Waals surface area contributed by atoms with Crippen molar-refractivity contribution in [1.29, 1.82) is 0 Å². The number of amides is 1. The second-order valence-corrected chi connectivity index (χ2v) is 4.63. The topological polar surface area (TPSA) is 72.2 Å². The van der Waals surface area contributed by atoms with Crippen LogP contribution < -0.4 is 5.32 Å². The Morgan fingerprint density at radius 2 is 1.77 bits per heavy atom. The van der Waals surface area contributed by atoms with Crippen LogP contribution in [-0.2, 0) is 10.2 Å². The summed E-state index contributed by atoms with van der Waals surface area (Å²) in [5.74, 6) is -0.0395. The van der Waals surface area contributed by atoms with E-state index in [1.807, 2.05) is 41.5 Å². The number of carbonyl (C=O) groups is 1. The van der Waals surface area contributed by atoms with Gasteiger partial charge in [0.05, 0.1) is 10.3 Å². The second-order valence-electron chi connectivity index (χ2n) is 4.63. The molecule has 0 aromatic heterocycles. The predicted molar refractivity (Wildman–Crippen MR) is 91.3 cm³/mol. The maximum Gasteiger partial charge on any atom is 0.269 e. The van der Waals surface area contributed by atoms with Crippen molar-refractivity contribution >= 4 is 17.3 Å². The average molecular weight is 308 g/mol. The van der Waals surface area contributed by atoms with Crippen molar-refractivity contribution in [2.45, 2.75) is 66.2 Å². The molecule has 0 bridgehead atoms. The molecule has 1 amide bonds. The molecule has 5 heteroatoms. The number of hydrogen-bond donors (Lipinski definition) is 1. The summed E-state index contributed by atoms with van der Waals surface area (Å²) in [6.45, 7) is 12.0. The van der Waals surface area contributed by atoms with Crippen LogP contribution in [0, 0.1) is 10.1 Å². The number of non-ortho nitro benzene ring substituents is 1. The summed E-state index contributed by atoms with van der Waals surface area (Å²) in [6, 6.07) is 4.58. The fraction of sp³-hybridized carbons (Fsp3) is 0.588. The van der Waals surface area contributed by atoms with Crippen molar-refractivity contribution in [3.05, 3.63) is 33.9 Å². The van der Waals surface area contributed by atoms with E-state index in [4.69, 9.17) is 0 Å². The standard InChI is InChI=1S/C13H16N2O3.2C2H6/c1-3-7-13(4-2)10-8-9(15(17)18)5-6-11(10)14-12(13)16;2*1-2/h5-6,8H,3-4,7H2,1-2H3,(H,14,16);2*1-2H3. The van der Waals surface area contributed by atoms with E-state index < -0.39 is 10.3 Å². The van der Waals surface area contributed by atoms with Crippen molar-refractivity contribution < 1.29 is 9.72 Å². The molecule has 0 fully saturated rings. The number of anilines is 1. The minimum atomic E-state index is -0.601. The van der Waals surface area contributed by atoms with E-state index in [2.05, 4.69) is 5.32 Å². The number of fused-ring (bicyclic) bond motifs is 1. The molecule has 1 aliphatic heterocycles. The van der Waals surface area contributed by atoms with Crippen molar-refractivity contribution in [3.63, 3.8) is 0 Å². The van der Waals surface area contributed by atoms with Crippen LogP contribution in [0.15, 0.2) is 18.2 Å². The summed E-state index contributed by atoms with van der Waals surface area (Å²) >= 11 is 0. The number of nitrogens with one attached hydrogen (secondary N) is 1. The van der Waals surface area contributed by atoms with Crippen LogP contribution in [0.2, 0.25) is 0 Å². The fourth-order valence-electron chi connectivity index (χ4n) is 2.72. The van der Waals surface area contributed by atoms with Gasteiger partial charge in [0, 0.05) is 17.8 Å². The molecule has 5 nitrogen and oxygen atoms in total. The van der Waals surface area contributed by atoms with Gasteiger partial charge in [0.15, 0.2) is 0 Å². The third kappa shape index (κ3) is 3.64. The highest BCUT2D eigenvalue weighted by Gasteiger charge is 2.45. The highest BCUT2D eigenvalue weighted by molar-refractivity contribution is 6.06. The Labute approximate surface area is 133 Å². The van der Waals surface area contributed by atoms with Crippen molar-refractivity contribution in [1.82, 2.24) is 0 Å². The minimum absolute atomic E-state index is 0.0395. The third-order valence-corrected chi connectivity index (χ3v) is 3.69. The molecule has 1 unspecified atom stereocenters. The molecule has 2 rings (SSSR count). The first kappa shape index (κ1) is 20.1. The predicted octanol–water partition coefficient (Wildman–Crippen LogP) is 5.05. The molecule has 124 valence electrons. The summed E-state index contributed by atoms with van der Waals surface area (Å²) in [5, 5.41) is 13.7. The molecule has 1 aromatic rings. The second kappa shape index (κ2) is 9.18. The zero-order chi connectivity index (χ0) is 17.3. The van der Waals surface area contributed by atoms with E-state index in [-0.39, 0.29) is 11.6 Å². The largest absolute Gasteiger partial charge is 0.325 e. The minimum Gasteiger partial charge on any atom is -0.325 e. The summed E-state index contributed by atoms with van der Waals surface area (Å²) in [4.78, 5) is 22.6. The van der Waals surface area contributed by atoms with Gasteiger partial charge in [-0.3, -0.25) is 14.9 Å². The first-order valence-electron chi connectivity index (χ1n) is 8.15. The molecule has 1 atom stereocenters. The maximum atomic E-state index is 12.2. The first-order chi connectivity index (χ1) is 10.5. The van der Waals surface area contributed by atoms with Crippen LogP contribution in [-0.4, -0.2) is 10.8 Å². The lowest BCUT2D eigenvalue weighted by atomic mass is 9.75. The number of nitro benzene ring substituents is 1. The number of benzene rings is 1. The van der Waals surface area contributed by atoms with Crippen molar-refractivity contribution in [2.24, 2.45) is 0 Å². The molecule has 1 heterocycles. The van der Waals surface area contributed by atoms with E-state index in [9.17, 15) is 14.9 Å². The SMILES string of the molecule is CC.CC.CCCC1(CC)C(=O)Nc2ccc([N+](=O)[O-])cc21. The average Bonchev–Trinajstić information content (AvgIpc) is 2.83. The number of hydrogen-bond acceptors (Lipinski definition) is 3. The molecule has 22 heavy (non-hydrogen) atoms. The number of rotatable bonds is 4. The highest BCUT2D eigenvalue weighted by atomic mass is 16.6. The Balaban J connectivity index is 0.00000102. The molecule has 0 spiro atoms. The monoisotopic (exact) mass is 308 g/mol. The molecular weight excluding hydrogens is 280 g/mol. The molecule has 1 aromatic carbocycles. The van der Waals surface area contributed by atoms with Gasteiger partial charge < -0.3 is 5.32 Å². The number of nitro groups is 1. The van der Waals surface area contributed by atoms with Crippen molar-refractivity contribution in [3.8, 4) is 0 Å². The zero-order valence-electron chi connectivity index (χ0n) is 14.5. The van der Waals surface area contributed by atoms with Crippen LogP contribution in [0.3, 0.4) is 0 Å². The van der Waals surface area contributed by atoms with Gasteiger partial charge in [0.2, 0.25) is 5.91 Å². The van der Waals surface area contributed by atoms with Gasteiger partial charge in [-0.15, -0.1) is 0 Å². The van der Waals surface area contributed by atoms with Gasteiger partial charge >= 0.3 is 0 Å². The highest BCUT2D eigenvalue weighted by Crippen LogP contribution is 2.44. The fourth-order valence-corrected chi connectivity index (χ4v) is 2.72. The van der Waals surface area contributed by atoms with E-state index >= 15 is 0 Å². The van der Waals surface area contributed by atoms with Gasteiger partial charge in [-0.05, 0) is 24.5 Å². The Morgan fingerprint density at radius 1 is 1.18 bits per heavy atom.